The molecule has 3 aromatic rings. The van der Waals surface area contributed by atoms with Crippen LogP contribution in [0.15, 0.2) is 35.2 Å². The summed E-state index contributed by atoms with van der Waals surface area (Å²) in [5.74, 6) is 1.52. The summed E-state index contributed by atoms with van der Waals surface area (Å²) in [6, 6.07) is 10.1. The Morgan fingerprint density at radius 3 is 2.63 bits per heavy atom. The first-order chi connectivity index (χ1) is 14.5. The van der Waals surface area contributed by atoms with Gasteiger partial charge in [0.2, 0.25) is 5.91 Å². The number of rotatable bonds is 9. The quantitative estimate of drug-likeness (QED) is 0.292. The van der Waals surface area contributed by atoms with Gasteiger partial charge in [-0.05, 0) is 31.5 Å². The van der Waals surface area contributed by atoms with Crippen molar-refractivity contribution in [3.05, 3.63) is 46.6 Å². The van der Waals surface area contributed by atoms with Gasteiger partial charge in [-0.3, -0.25) is 4.79 Å². The Labute approximate surface area is 183 Å². The van der Waals surface area contributed by atoms with Crippen LogP contribution in [0.1, 0.15) is 34.9 Å². The Bertz CT molecular complexity index is 1040. The average Bonchev–Trinajstić information content (AvgIpc) is 3.07. The molecule has 1 amide bonds. The number of benzene rings is 1. The summed E-state index contributed by atoms with van der Waals surface area (Å²) < 4.78 is 5.19. The van der Waals surface area contributed by atoms with Gasteiger partial charge in [0.1, 0.15) is 21.3 Å². The summed E-state index contributed by atoms with van der Waals surface area (Å²) in [7, 11) is 0. The van der Waals surface area contributed by atoms with Gasteiger partial charge in [0.05, 0.1) is 17.7 Å². The zero-order valence-corrected chi connectivity index (χ0v) is 18.8. The number of fused-ring (bicyclic) bond motifs is 1. The van der Waals surface area contributed by atoms with Gasteiger partial charge < -0.3 is 15.4 Å². The molecule has 2 aromatic heterocycles. The first-order valence-electron chi connectivity index (χ1n) is 9.62. The van der Waals surface area contributed by atoms with Gasteiger partial charge in [-0.1, -0.05) is 18.2 Å². The van der Waals surface area contributed by atoms with Gasteiger partial charge in [0, 0.05) is 24.9 Å². The largest absolute Gasteiger partial charge is 0.462 e. The fourth-order valence-electron chi connectivity index (χ4n) is 2.85. The summed E-state index contributed by atoms with van der Waals surface area (Å²) in [6.07, 6.45) is 0. The molecule has 0 saturated carbocycles. The van der Waals surface area contributed by atoms with Crippen LogP contribution in [0, 0.1) is 6.92 Å². The maximum Gasteiger partial charge on any atom is 0.348 e. The third kappa shape index (κ3) is 5.48. The van der Waals surface area contributed by atoms with Crippen molar-refractivity contribution in [3.8, 4) is 0 Å². The topological polar surface area (TPSA) is 93.2 Å². The highest BCUT2D eigenvalue weighted by molar-refractivity contribution is 7.98. The molecule has 2 N–H and O–H groups in total. The number of amides is 1. The molecule has 0 aliphatic rings. The minimum absolute atomic E-state index is 0.0825. The van der Waals surface area contributed by atoms with E-state index in [0.717, 1.165) is 20.7 Å². The first-order valence-corrected chi connectivity index (χ1v) is 11.4. The molecule has 9 heteroatoms. The van der Waals surface area contributed by atoms with Crippen molar-refractivity contribution in [1.82, 2.24) is 15.3 Å². The van der Waals surface area contributed by atoms with Crippen LogP contribution in [0.25, 0.3) is 10.2 Å². The molecule has 0 unspecified atom stereocenters. The summed E-state index contributed by atoms with van der Waals surface area (Å²) in [5, 5.41) is 6.86. The van der Waals surface area contributed by atoms with Gasteiger partial charge in [-0.25, -0.2) is 14.8 Å². The average molecular weight is 445 g/mol. The van der Waals surface area contributed by atoms with Crippen molar-refractivity contribution in [2.24, 2.45) is 0 Å². The smallest absolute Gasteiger partial charge is 0.348 e. The lowest BCUT2D eigenvalue weighted by Gasteiger charge is -2.10. The molecular formula is C21H24N4O3S2. The second-order valence-corrected chi connectivity index (χ2v) is 8.50. The van der Waals surface area contributed by atoms with E-state index in [2.05, 4.69) is 10.6 Å². The van der Waals surface area contributed by atoms with Crippen LogP contribution >= 0.6 is 23.1 Å². The second-order valence-electron chi connectivity index (χ2n) is 6.46. The molecule has 0 radical (unpaired) electrons. The zero-order valence-electron chi connectivity index (χ0n) is 17.2. The number of esters is 1. The second kappa shape index (κ2) is 10.4. The van der Waals surface area contributed by atoms with Crippen molar-refractivity contribution in [2.75, 3.05) is 25.0 Å². The van der Waals surface area contributed by atoms with E-state index in [1.165, 1.54) is 18.3 Å². The molecular weight excluding hydrogens is 420 g/mol. The van der Waals surface area contributed by atoms with E-state index in [9.17, 15) is 9.59 Å². The first kappa shape index (κ1) is 22.0. The molecule has 2 heterocycles. The Morgan fingerprint density at radius 2 is 1.93 bits per heavy atom. The Hall–Kier alpha value is -2.65. The van der Waals surface area contributed by atoms with Gasteiger partial charge >= 0.3 is 5.97 Å². The maximum absolute atomic E-state index is 12.3. The zero-order chi connectivity index (χ0) is 21.5. The van der Waals surface area contributed by atoms with Gasteiger partial charge in [0.15, 0.2) is 0 Å². The van der Waals surface area contributed by atoms with Gasteiger partial charge in [0.25, 0.3) is 0 Å². The van der Waals surface area contributed by atoms with E-state index in [-0.39, 0.29) is 11.9 Å². The maximum atomic E-state index is 12.3. The fraction of sp³-hybridized carbons (Fsp3) is 0.333. The summed E-state index contributed by atoms with van der Waals surface area (Å²) >= 11 is 2.97. The Balaban J connectivity index is 1.90. The monoisotopic (exact) mass is 444 g/mol. The number of anilines is 1. The normalized spacial score (nSPS) is 10.8. The van der Waals surface area contributed by atoms with Crippen LogP contribution in [0.2, 0.25) is 0 Å². The van der Waals surface area contributed by atoms with Gasteiger partial charge in [-0.15, -0.1) is 23.1 Å². The predicted octanol–water partition coefficient (Wildman–Crippen LogP) is 4.02. The SMILES string of the molecule is CCOC(=O)c1sc2nc(CSc3ccccc3)nc(NCCNC(C)=O)c2c1C. The number of ether oxygens (including phenoxy) is 1. The van der Waals surface area contributed by atoms with Crippen LogP contribution in [-0.4, -0.2) is 41.5 Å². The standard InChI is InChI=1S/C21H24N4O3S2/c1-4-28-21(27)18-13(2)17-19(23-11-10-22-14(3)26)24-16(25-20(17)30-18)12-29-15-8-6-5-7-9-15/h5-9H,4,10-12H2,1-3H3,(H,22,26)(H,23,24,25). The molecule has 7 nitrogen and oxygen atoms in total. The molecule has 0 atom stereocenters. The number of nitrogens with one attached hydrogen (secondary N) is 2. The van der Waals surface area contributed by atoms with E-state index in [0.29, 0.717) is 42.0 Å². The number of thiophene rings is 1. The van der Waals surface area contributed by atoms with E-state index in [1.54, 1.807) is 18.7 Å². The van der Waals surface area contributed by atoms with E-state index in [4.69, 9.17) is 14.7 Å². The van der Waals surface area contributed by atoms with E-state index < -0.39 is 0 Å². The lowest BCUT2D eigenvalue weighted by Crippen LogP contribution is -2.26. The number of thioether (sulfide) groups is 1. The minimum Gasteiger partial charge on any atom is -0.462 e. The molecule has 0 aliphatic heterocycles. The van der Waals surface area contributed by atoms with E-state index in [1.807, 2.05) is 37.3 Å². The van der Waals surface area contributed by atoms with Crippen LogP contribution in [0.5, 0.6) is 0 Å². The molecule has 0 spiro atoms. The molecule has 30 heavy (non-hydrogen) atoms. The number of hydrogen-bond donors (Lipinski definition) is 2. The van der Waals surface area contributed by atoms with E-state index >= 15 is 0 Å². The Kier molecular flexibility index (Phi) is 7.64. The third-order valence-corrected chi connectivity index (χ3v) is 6.37. The van der Waals surface area contributed by atoms with Gasteiger partial charge in [-0.2, -0.15) is 0 Å². The number of aryl methyl sites for hydroxylation is 1. The number of aromatic nitrogens is 2. The van der Waals surface area contributed by atoms with Crippen LogP contribution in [0.4, 0.5) is 5.82 Å². The third-order valence-electron chi connectivity index (χ3n) is 4.20. The summed E-state index contributed by atoms with van der Waals surface area (Å²) in [5.41, 5.74) is 0.803. The lowest BCUT2D eigenvalue weighted by atomic mass is 10.2. The van der Waals surface area contributed by atoms with Crippen molar-refractivity contribution in [2.45, 2.75) is 31.4 Å². The minimum atomic E-state index is -0.345. The number of carbonyl (C=O) groups excluding carboxylic acids is 2. The molecule has 1 aromatic carbocycles. The highest BCUT2D eigenvalue weighted by atomic mass is 32.2. The molecule has 0 bridgehead atoms. The molecule has 158 valence electrons. The predicted molar refractivity (Wildman–Crippen MR) is 121 cm³/mol. The molecule has 3 rings (SSSR count). The lowest BCUT2D eigenvalue weighted by molar-refractivity contribution is -0.118. The number of nitrogens with zero attached hydrogens (tertiary/aromatic N) is 2. The molecule has 0 aliphatic carbocycles. The number of hydrogen-bond acceptors (Lipinski definition) is 8. The van der Waals surface area contributed by atoms with Crippen molar-refractivity contribution in [3.63, 3.8) is 0 Å². The summed E-state index contributed by atoms with van der Waals surface area (Å²) in [4.78, 5) is 35.3. The highest BCUT2D eigenvalue weighted by Crippen LogP contribution is 2.35. The molecule has 0 fully saturated rings. The van der Waals surface area contributed by atoms with Crippen molar-refractivity contribution < 1.29 is 14.3 Å². The molecule has 0 saturated heterocycles. The summed E-state index contributed by atoms with van der Waals surface area (Å²) in [6.45, 7) is 6.46. The Morgan fingerprint density at radius 1 is 1.17 bits per heavy atom. The van der Waals surface area contributed by atoms with Crippen LogP contribution in [0.3, 0.4) is 0 Å². The van der Waals surface area contributed by atoms with Crippen molar-refractivity contribution in [1.29, 1.82) is 0 Å². The van der Waals surface area contributed by atoms with Crippen LogP contribution in [-0.2, 0) is 15.3 Å². The fourth-order valence-corrected chi connectivity index (χ4v) is 4.72. The number of carbonyl (C=O) groups is 2. The van der Waals surface area contributed by atoms with Crippen LogP contribution < -0.4 is 10.6 Å². The van der Waals surface area contributed by atoms with Crippen molar-refractivity contribution >= 4 is 51.0 Å². The highest BCUT2D eigenvalue weighted by Gasteiger charge is 2.21.